The van der Waals surface area contributed by atoms with Crippen LogP contribution in [0.25, 0.3) is 0 Å². The molecule has 1 N–H and O–H groups in total. The second kappa shape index (κ2) is 5.99. The molecule has 0 spiro atoms. The van der Waals surface area contributed by atoms with E-state index in [-0.39, 0.29) is 5.56 Å². The molecule has 1 heterocycles. The molecule has 3 nitrogen and oxygen atoms in total. The number of halogens is 2. The van der Waals surface area contributed by atoms with Crippen LogP contribution in [0.15, 0.2) is 28.2 Å². The second-order valence-corrected chi connectivity index (χ2v) is 5.61. The van der Waals surface area contributed by atoms with Crippen molar-refractivity contribution in [3.05, 3.63) is 55.4 Å². The zero-order valence-corrected chi connectivity index (χ0v) is 12.8. The quantitative estimate of drug-likeness (QED) is 0.694. The fourth-order valence-corrected chi connectivity index (χ4v) is 2.57. The van der Waals surface area contributed by atoms with Crippen LogP contribution >= 0.6 is 35.0 Å². The summed E-state index contributed by atoms with van der Waals surface area (Å²) in [5.41, 5.74) is 2.01. The number of thioether (sulfide) groups is 1. The summed E-state index contributed by atoms with van der Waals surface area (Å²) in [7, 11) is 0. The van der Waals surface area contributed by atoms with E-state index in [1.807, 2.05) is 25.3 Å². The van der Waals surface area contributed by atoms with E-state index in [1.54, 1.807) is 6.07 Å². The van der Waals surface area contributed by atoms with Crippen molar-refractivity contribution >= 4 is 35.0 Å². The Morgan fingerprint density at radius 2 is 2.11 bits per heavy atom. The topological polar surface area (TPSA) is 45.8 Å². The summed E-state index contributed by atoms with van der Waals surface area (Å²) in [6.45, 7) is 1.82. The molecular weight excluding hydrogens is 303 g/mol. The number of nitrogens with zero attached hydrogens (tertiary/aromatic N) is 1. The molecule has 2 aromatic rings. The molecule has 1 aromatic carbocycles. The van der Waals surface area contributed by atoms with Crippen LogP contribution in [0.2, 0.25) is 10.0 Å². The van der Waals surface area contributed by atoms with Gasteiger partial charge in [-0.25, -0.2) is 4.98 Å². The first-order valence-electron chi connectivity index (χ1n) is 5.59. The van der Waals surface area contributed by atoms with Crippen LogP contribution in [-0.2, 0) is 6.42 Å². The number of aromatic amines is 1. The number of hydrogen-bond acceptors (Lipinski definition) is 3. The van der Waals surface area contributed by atoms with E-state index in [0.717, 1.165) is 5.56 Å². The molecule has 0 bridgehead atoms. The van der Waals surface area contributed by atoms with Gasteiger partial charge >= 0.3 is 0 Å². The number of hydrogen-bond donors (Lipinski definition) is 1. The van der Waals surface area contributed by atoms with E-state index in [9.17, 15) is 4.79 Å². The van der Waals surface area contributed by atoms with Gasteiger partial charge in [0.1, 0.15) is 0 Å². The maximum Gasteiger partial charge on any atom is 0.255 e. The Bertz CT molecular complexity index is 670. The average molecular weight is 315 g/mol. The fraction of sp³-hybridized carbons (Fsp3) is 0.231. The predicted molar refractivity (Wildman–Crippen MR) is 80.6 cm³/mol. The third kappa shape index (κ3) is 3.14. The maximum absolute atomic E-state index is 12.0. The summed E-state index contributed by atoms with van der Waals surface area (Å²) in [6.07, 6.45) is 2.29. The van der Waals surface area contributed by atoms with Gasteiger partial charge in [-0.3, -0.25) is 4.79 Å². The van der Waals surface area contributed by atoms with Gasteiger partial charge in [-0.1, -0.05) is 47.1 Å². The third-order valence-electron chi connectivity index (χ3n) is 2.79. The van der Waals surface area contributed by atoms with Crippen molar-refractivity contribution in [2.45, 2.75) is 18.5 Å². The average Bonchev–Trinajstić information content (AvgIpc) is 2.38. The van der Waals surface area contributed by atoms with E-state index in [2.05, 4.69) is 9.97 Å². The number of benzene rings is 1. The highest BCUT2D eigenvalue weighted by Gasteiger charge is 2.12. The van der Waals surface area contributed by atoms with Gasteiger partial charge in [0.25, 0.3) is 5.56 Å². The van der Waals surface area contributed by atoms with Gasteiger partial charge in [-0.2, -0.15) is 0 Å². The van der Waals surface area contributed by atoms with Crippen molar-refractivity contribution in [3.8, 4) is 0 Å². The number of H-pyrrole nitrogens is 1. The first kappa shape index (κ1) is 14.4. The molecule has 6 heteroatoms. The molecule has 0 atom stereocenters. The van der Waals surface area contributed by atoms with Gasteiger partial charge in [0.05, 0.1) is 10.0 Å². The molecule has 0 aliphatic rings. The number of rotatable bonds is 3. The molecule has 100 valence electrons. The monoisotopic (exact) mass is 314 g/mol. The van der Waals surface area contributed by atoms with Crippen LogP contribution in [0.4, 0.5) is 0 Å². The summed E-state index contributed by atoms with van der Waals surface area (Å²) in [6, 6.07) is 5.39. The lowest BCUT2D eigenvalue weighted by Gasteiger charge is -2.08. The Labute approximate surface area is 125 Å². The molecule has 0 unspecified atom stereocenters. The zero-order chi connectivity index (χ0) is 14.0. The van der Waals surface area contributed by atoms with E-state index >= 15 is 0 Å². The Kier molecular flexibility index (Phi) is 4.55. The molecule has 0 aliphatic carbocycles. The van der Waals surface area contributed by atoms with Gasteiger partial charge in [0.2, 0.25) is 0 Å². The highest BCUT2D eigenvalue weighted by Crippen LogP contribution is 2.27. The molecular formula is C13H12Cl2N2OS. The highest BCUT2D eigenvalue weighted by molar-refractivity contribution is 7.98. The van der Waals surface area contributed by atoms with Gasteiger partial charge in [-0.15, -0.1) is 0 Å². The van der Waals surface area contributed by atoms with E-state index < -0.39 is 0 Å². The van der Waals surface area contributed by atoms with Crippen molar-refractivity contribution in [2.75, 3.05) is 6.26 Å². The van der Waals surface area contributed by atoms with Crippen LogP contribution < -0.4 is 5.56 Å². The van der Waals surface area contributed by atoms with Crippen molar-refractivity contribution in [1.29, 1.82) is 0 Å². The summed E-state index contributed by atoms with van der Waals surface area (Å²) in [4.78, 5) is 19.1. The van der Waals surface area contributed by atoms with Gasteiger partial charge in [0.15, 0.2) is 5.16 Å². The first-order chi connectivity index (χ1) is 9.02. The van der Waals surface area contributed by atoms with Gasteiger partial charge in [-0.05, 0) is 24.8 Å². The standard InChI is InChI=1S/C13H12Cl2N2OS/c1-7-9(12(18)17-13(16-7)19-2)6-8-4-3-5-10(14)11(8)15/h3-5H,6H2,1-2H3,(H,16,17,18). The lowest BCUT2D eigenvalue weighted by molar-refractivity contribution is 0.868. The Balaban J connectivity index is 2.44. The van der Waals surface area contributed by atoms with Crippen LogP contribution in [-0.4, -0.2) is 16.2 Å². The molecule has 2 rings (SSSR count). The number of aromatic nitrogens is 2. The lowest BCUT2D eigenvalue weighted by Crippen LogP contribution is -2.17. The van der Waals surface area contributed by atoms with E-state index in [4.69, 9.17) is 23.2 Å². The number of nitrogens with one attached hydrogen (secondary N) is 1. The fourth-order valence-electron chi connectivity index (χ4n) is 1.76. The van der Waals surface area contributed by atoms with Crippen molar-refractivity contribution in [3.63, 3.8) is 0 Å². The third-order valence-corrected chi connectivity index (χ3v) is 4.23. The smallest absolute Gasteiger partial charge is 0.255 e. The SMILES string of the molecule is CSc1nc(C)c(Cc2cccc(Cl)c2Cl)c(=O)[nH]1. The predicted octanol–water partition coefficient (Wildman–Crippen LogP) is 3.70. The van der Waals surface area contributed by atoms with Crippen LogP contribution in [0.3, 0.4) is 0 Å². The van der Waals surface area contributed by atoms with Crippen molar-refractivity contribution in [1.82, 2.24) is 9.97 Å². The molecule has 0 saturated heterocycles. The van der Waals surface area contributed by atoms with E-state index in [0.29, 0.717) is 32.9 Å². The normalized spacial score (nSPS) is 10.7. The second-order valence-electron chi connectivity index (χ2n) is 4.03. The van der Waals surface area contributed by atoms with Crippen LogP contribution in [0, 0.1) is 6.92 Å². The van der Waals surface area contributed by atoms with Gasteiger partial charge in [0, 0.05) is 17.7 Å². The Morgan fingerprint density at radius 3 is 2.74 bits per heavy atom. The Hall–Kier alpha value is -0.970. The summed E-state index contributed by atoms with van der Waals surface area (Å²) < 4.78 is 0. The molecule has 0 saturated carbocycles. The first-order valence-corrected chi connectivity index (χ1v) is 7.57. The molecule has 1 aromatic heterocycles. The molecule has 0 radical (unpaired) electrons. The summed E-state index contributed by atoms with van der Waals surface area (Å²) in [5.74, 6) is 0. The minimum absolute atomic E-state index is 0.132. The Morgan fingerprint density at radius 1 is 1.37 bits per heavy atom. The molecule has 0 fully saturated rings. The summed E-state index contributed by atoms with van der Waals surface area (Å²) >= 11 is 13.5. The van der Waals surface area contributed by atoms with Crippen LogP contribution in [0.1, 0.15) is 16.8 Å². The summed E-state index contributed by atoms with van der Waals surface area (Å²) in [5, 5.41) is 1.59. The minimum atomic E-state index is -0.132. The molecule has 19 heavy (non-hydrogen) atoms. The highest BCUT2D eigenvalue weighted by atomic mass is 35.5. The van der Waals surface area contributed by atoms with Gasteiger partial charge < -0.3 is 4.98 Å². The number of aryl methyl sites for hydroxylation is 1. The molecule has 0 amide bonds. The molecule has 0 aliphatic heterocycles. The minimum Gasteiger partial charge on any atom is -0.301 e. The largest absolute Gasteiger partial charge is 0.301 e. The van der Waals surface area contributed by atoms with Crippen molar-refractivity contribution < 1.29 is 0 Å². The maximum atomic E-state index is 12.0. The van der Waals surface area contributed by atoms with Crippen molar-refractivity contribution in [2.24, 2.45) is 0 Å². The van der Waals surface area contributed by atoms with Crippen LogP contribution in [0.5, 0.6) is 0 Å². The van der Waals surface area contributed by atoms with E-state index in [1.165, 1.54) is 11.8 Å². The lowest BCUT2D eigenvalue weighted by atomic mass is 10.1. The zero-order valence-electron chi connectivity index (χ0n) is 10.5.